The van der Waals surface area contributed by atoms with Crippen molar-refractivity contribution in [3.05, 3.63) is 27.0 Å². The molecule has 0 fully saturated rings. The zero-order chi connectivity index (χ0) is 7.97. The zero-order valence-electron chi connectivity index (χ0n) is 7.10. The number of hydrogen-bond acceptors (Lipinski definition) is 1. The molecule has 0 radical (unpaired) electrons. The minimum absolute atomic E-state index is 1.21. The average molecular weight is 176 g/mol. The van der Waals surface area contributed by atoms with E-state index in [1.54, 1.807) is 20.9 Å². The molecule has 0 amide bonds. The summed E-state index contributed by atoms with van der Waals surface area (Å²) in [6, 6.07) is 0. The van der Waals surface area contributed by atoms with E-state index in [4.69, 9.17) is 0 Å². The number of thiophene rings is 1. The lowest BCUT2D eigenvalue weighted by molar-refractivity contribution is 0.693. The Labute approximate surface area is 76.9 Å². The molecule has 0 bridgehead atoms. The van der Waals surface area contributed by atoms with Gasteiger partial charge in [-0.2, -0.15) is 0 Å². The van der Waals surface area contributed by atoms with Crippen molar-refractivity contribution < 1.29 is 0 Å². The van der Waals surface area contributed by atoms with Crippen LogP contribution in [0.1, 0.15) is 33.7 Å². The van der Waals surface area contributed by atoms with E-state index in [9.17, 15) is 0 Å². The van der Waals surface area contributed by atoms with E-state index in [0.717, 1.165) is 0 Å². The molecule has 0 aliphatic heterocycles. The van der Waals surface area contributed by atoms with Crippen molar-refractivity contribution in [1.82, 2.24) is 0 Å². The molecule has 0 saturated heterocycles. The number of aryl methyl sites for hydroxylation is 1. The van der Waals surface area contributed by atoms with Crippen molar-refractivity contribution in [2.24, 2.45) is 0 Å². The van der Waals surface area contributed by atoms with Gasteiger partial charge < -0.3 is 0 Å². The van der Waals surface area contributed by atoms with Crippen molar-refractivity contribution in [3.8, 4) is 0 Å². The van der Waals surface area contributed by atoms with Crippen molar-refractivity contribution in [1.29, 1.82) is 0 Å². The number of fused-ring (bicyclic) bond motifs is 3. The first-order valence-corrected chi connectivity index (χ1v) is 5.57. The number of rotatable bonds is 0. The van der Waals surface area contributed by atoms with Crippen LogP contribution in [-0.4, -0.2) is 0 Å². The highest BCUT2D eigenvalue weighted by Gasteiger charge is 2.20. The van der Waals surface area contributed by atoms with Crippen LogP contribution in [0.15, 0.2) is 6.08 Å². The molecule has 2 aliphatic rings. The van der Waals surface area contributed by atoms with Gasteiger partial charge in [-0.05, 0) is 49.3 Å². The molecule has 1 heterocycles. The van der Waals surface area contributed by atoms with Crippen molar-refractivity contribution in [2.75, 3.05) is 0 Å². The van der Waals surface area contributed by atoms with Crippen LogP contribution in [0, 0.1) is 0 Å². The van der Waals surface area contributed by atoms with Crippen LogP contribution >= 0.6 is 11.3 Å². The van der Waals surface area contributed by atoms with Gasteiger partial charge in [0.25, 0.3) is 0 Å². The summed E-state index contributed by atoms with van der Waals surface area (Å²) in [6.07, 6.45) is 11.3. The van der Waals surface area contributed by atoms with E-state index in [2.05, 4.69) is 12.2 Å². The van der Waals surface area contributed by atoms with Gasteiger partial charge in [0.15, 0.2) is 0 Å². The third kappa shape index (κ3) is 0.831. The lowest BCUT2D eigenvalue weighted by atomic mass is 9.95. The Bertz CT molecular complexity index is 344. The van der Waals surface area contributed by atoms with E-state index in [-0.39, 0.29) is 0 Å². The first-order valence-electron chi connectivity index (χ1n) is 4.75. The van der Waals surface area contributed by atoms with E-state index >= 15 is 0 Å². The maximum atomic E-state index is 2.30. The molecule has 1 heteroatoms. The van der Waals surface area contributed by atoms with Crippen molar-refractivity contribution >= 4 is 17.4 Å². The van der Waals surface area contributed by atoms with Gasteiger partial charge in [0.05, 0.1) is 0 Å². The predicted molar refractivity (Wildman–Crippen MR) is 53.7 cm³/mol. The highest BCUT2D eigenvalue weighted by Crippen LogP contribution is 2.38. The third-order valence-electron chi connectivity index (χ3n) is 2.90. The summed E-state index contributed by atoms with van der Waals surface area (Å²) in [5.74, 6) is 0. The Balaban J connectivity index is 2.18. The first kappa shape index (κ1) is 6.90. The van der Waals surface area contributed by atoms with Crippen LogP contribution in [0.5, 0.6) is 0 Å². The maximum absolute atomic E-state index is 2.30. The summed E-state index contributed by atoms with van der Waals surface area (Å²) >= 11 is 2.04. The Morgan fingerprint density at radius 2 is 2.00 bits per heavy atom. The van der Waals surface area contributed by atoms with E-state index in [1.165, 1.54) is 32.1 Å². The second-order valence-corrected chi connectivity index (χ2v) is 4.80. The van der Waals surface area contributed by atoms with Gasteiger partial charge >= 0.3 is 0 Å². The molecule has 1 aromatic rings. The van der Waals surface area contributed by atoms with Crippen LogP contribution in [-0.2, 0) is 19.3 Å². The van der Waals surface area contributed by atoms with Gasteiger partial charge in [-0.1, -0.05) is 6.08 Å². The highest BCUT2D eigenvalue weighted by atomic mass is 32.1. The smallest absolute Gasteiger partial charge is 0.0308 e. The SMILES string of the molecule is C1=Cc2sc3c(c2C1)CCCC3. The number of hydrogen-bond donors (Lipinski definition) is 0. The summed E-state index contributed by atoms with van der Waals surface area (Å²) in [4.78, 5) is 3.25. The Hall–Kier alpha value is -0.560. The molecule has 0 spiro atoms. The molecule has 0 nitrogen and oxygen atoms in total. The maximum Gasteiger partial charge on any atom is 0.0308 e. The lowest BCUT2D eigenvalue weighted by Crippen LogP contribution is -2.00. The van der Waals surface area contributed by atoms with Crippen LogP contribution in [0.25, 0.3) is 6.08 Å². The van der Waals surface area contributed by atoms with Crippen molar-refractivity contribution in [2.45, 2.75) is 32.1 Å². The highest BCUT2D eigenvalue weighted by molar-refractivity contribution is 7.13. The van der Waals surface area contributed by atoms with Crippen LogP contribution in [0.4, 0.5) is 0 Å². The second-order valence-electron chi connectivity index (χ2n) is 3.66. The van der Waals surface area contributed by atoms with Crippen LogP contribution < -0.4 is 0 Å². The minimum atomic E-state index is 1.21. The molecule has 0 N–H and O–H groups in total. The van der Waals surface area contributed by atoms with Gasteiger partial charge in [0.2, 0.25) is 0 Å². The van der Waals surface area contributed by atoms with Gasteiger partial charge in [-0.25, -0.2) is 0 Å². The zero-order valence-corrected chi connectivity index (χ0v) is 7.91. The lowest BCUT2D eigenvalue weighted by Gasteiger charge is -2.11. The molecular weight excluding hydrogens is 164 g/mol. The fourth-order valence-corrected chi connectivity index (χ4v) is 3.65. The van der Waals surface area contributed by atoms with Gasteiger partial charge in [0, 0.05) is 9.75 Å². The van der Waals surface area contributed by atoms with Gasteiger partial charge in [-0.15, -0.1) is 11.3 Å². The summed E-state index contributed by atoms with van der Waals surface area (Å²) in [5.41, 5.74) is 3.38. The van der Waals surface area contributed by atoms with E-state index in [1.807, 2.05) is 11.3 Å². The summed E-state index contributed by atoms with van der Waals surface area (Å²) in [7, 11) is 0. The molecule has 0 atom stereocenters. The molecule has 3 rings (SSSR count). The fourth-order valence-electron chi connectivity index (χ4n) is 2.29. The quantitative estimate of drug-likeness (QED) is 0.569. The summed E-state index contributed by atoms with van der Waals surface area (Å²) < 4.78 is 0. The normalized spacial score (nSPS) is 19.3. The molecule has 0 saturated carbocycles. The van der Waals surface area contributed by atoms with E-state index in [0.29, 0.717) is 0 Å². The Kier molecular flexibility index (Phi) is 1.42. The summed E-state index contributed by atoms with van der Waals surface area (Å²) in [5, 5.41) is 0. The van der Waals surface area contributed by atoms with Gasteiger partial charge in [-0.3, -0.25) is 0 Å². The number of allylic oxidation sites excluding steroid dienone is 1. The fraction of sp³-hybridized carbons (Fsp3) is 0.455. The first-order chi connectivity index (χ1) is 5.95. The van der Waals surface area contributed by atoms with E-state index < -0.39 is 0 Å². The molecule has 62 valence electrons. The molecule has 1 aromatic heterocycles. The topological polar surface area (TPSA) is 0 Å². The molecular formula is C11H12S. The largest absolute Gasteiger partial charge is 0.140 e. The standard InChI is InChI=1S/C11H12S/c1-2-6-10-8(4-1)9-5-3-7-11(9)12-10/h3,7H,1-2,4-6H2. The van der Waals surface area contributed by atoms with Gasteiger partial charge in [0.1, 0.15) is 0 Å². The predicted octanol–water partition coefficient (Wildman–Crippen LogP) is 3.20. The van der Waals surface area contributed by atoms with Crippen LogP contribution in [0.2, 0.25) is 0 Å². The molecule has 2 aliphatic carbocycles. The van der Waals surface area contributed by atoms with Crippen molar-refractivity contribution in [3.63, 3.8) is 0 Å². The monoisotopic (exact) mass is 176 g/mol. The summed E-state index contributed by atoms with van der Waals surface area (Å²) in [6.45, 7) is 0. The average Bonchev–Trinajstić information content (AvgIpc) is 2.62. The third-order valence-corrected chi connectivity index (χ3v) is 4.20. The Morgan fingerprint density at radius 3 is 3.00 bits per heavy atom. The second kappa shape index (κ2) is 2.46. The minimum Gasteiger partial charge on any atom is -0.140 e. The molecule has 12 heavy (non-hydrogen) atoms. The molecule has 0 aromatic carbocycles. The Morgan fingerprint density at radius 1 is 1.08 bits per heavy atom. The molecule has 0 unspecified atom stereocenters. The van der Waals surface area contributed by atoms with Crippen LogP contribution in [0.3, 0.4) is 0 Å².